The van der Waals surface area contributed by atoms with E-state index in [0.29, 0.717) is 6.07 Å². The molecule has 0 spiro atoms. The fourth-order valence-corrected chi connectivity index (χ4v) is 1.34. The number of nitrogens with zero attached hydrogens (tertiary/aromatic N) is 1. The Morgan fingerprint density at radius 2 is 2.14 bits per heavy atom. The first kappa shape index (κ1) is 11.1. The number of carbonyl (C=O) groups excluding carboxylic acids is 1. The third kappa shape index (κ3) is 2.08. The van der Waals surface area contributed by atoms with Crippen LogP contribution < -0.4 is 0 Å². The van der Waals surface area contributed by atoms with E-state index < -0.39 is 21.7 Å². The Hall–Kier alpha value is -1.01. The van der Waals surface area contributed by atoms with Gasteiger partial charge < -0.3 is 0 Å². The van der Waals surface area contributed by atoms with Gasteiger partial charge in [0.25, 0.3) is 10.9 Å². The molecule has 1 aromatic carbocycles. The monoisotopic (exact) mass is 281 g/mol. The van der Waals surface area contributed by atoms with Crippen molar-refractivity contribution >= 4 is 38.5 Å². The maximum atomic E-state index is 12.9. The van der Waals surface area contributed by atoms with E-state index in [2.05, 4.69) is 15.9 Å². The molecule has 0 aliphatic rings. The van der Waals surface area contributed by atoms with Gasteiger partial charge in [0.2, 0.25) is 0 Å². The van der Waals surface area contributed by atoms with E-state index in [-0.39, 0.29) is 10.0 Å². The molecule has 74 valence electrons. The van der Waals surface area contributed by atoms with Crippen molar-refractivity contribution in [3.63, 3.8) is 0 Å². The average molecular weight is 282 g/mol. The van der Waals surface area contributed by atoms with Crippen molar-refractivity contribution in [2.45, 2.75) is 0 Å². The van der Waals surface area contributed by atoms with Crippen molar-refractivity contribution in [1.29, 1.82) is 0 Å². The zero-order valence-electron chi connectivity index (χ0n) is 6.46. The van der Waals surface area contributed by atoms with Crippen molar-refractivity contribution in [1.82, 2.24) is 0 Å². The lowest BCUT2D eigenvalue weighted by Crippen LogP contribution is -1.99. The van der Waals surface area contributed by atoms with Crippen molar-refractivity contribution in [2.24, 2.45) is 0 Å². The minimum absolute atomic E-state index is 0.0490. The summed E-state index contributed by atoms with van der Waals surface area (Å²) in [6, 6.07) is 1.61. The van der Waals surface area contributed by atoms with Crippen LogP contribution in [0.15, 0.2) is 16.6 Å². The van der Waals surface area contributed by atoms with Crippen LogP contribution in [0.2, 0.25) is 0 Å². The van der Waals surface area contributed by atoms with Crippen LogP contribution in [0, 0.1) is 15.9 Å². The van der Waals surface area contributed by atoms with E-state index in [9.17, 15) is 19.3 Å². The first-order chi connectivity index (χ1) is 6.43. The SMILES string of the molecule is O=C(Cl)c1cc(Br)c(F)cc1[N+](=O)[O-]. The van der Waals surface area contributed by atoms with Gasteiger partial charge in [0.05, 0.1) is 15.5 Å². The van der Waals surface area contributed by atoms with Gasteiger partial charge in [-0.05, 0) is 33.6 Å². The number of nitro groups is 1. The molecule has 0 aliphatic carbocycles. The number of halogens is 3. The van der Waals surface area contributed by atoms with E-state index in [1.54, 1.807) is 0 Å². The van der Waals surface area contributed by atoms with Crippen LogP contribution in [0.4, 0.5) is 10.1 Å². The van der Waals surface area contributed by atoms with Crippen molar-refractivity contribution in [3.05, 3.63) is 38.1 Å². The van der Waals surface area contributed by atoms with Gasteiger partial charge in [-0.2, -0.15) is 0 Å². The van der Waals surface area contributed by atoms with Crippen LogP contribution in [-0.2, 0) is 0 Å². The van der Waals surface area contributed by atoms with E-state index >= 15 is 0 Å². The molecule has 0 amide bonds. The summed E-state index contributed by atoms with van der Waals surface area (Å²) in [5.74, 6) is -0.821. The first-order valence-corrected chi connectivity index (χ1v) is 4.44. The molecule has 7 heteroatoms. The lowest BCUT2D eigenvalue weighted by molar-refractivity contribution is -0.385. The summed E-state index contributed by atoms with van der Waals surface area (Å²) >= 11 is 7.88. The number of hydrogen-bond donors (Lipinski definition) is 0. The van der Waals surface area contributed by atoms with E-state index in [1.165, 1.54) is 0 Å². The van der Waals surface area contributed by atoms with E-state index in [1.807, 2.05) is 0 Å². The highest BCUT2D eigenvalue weighted by Crippen LogP contribution is 2.27. The highest BCUT2D eigenvalue weighted by atomic mass is 79.9. The van der Waals surface area contributed by atoms with Gasteiger partial charge in [-0.15, -0.1) is 0 Å². The number of benzene rings is 1. The smallest absolute Gasteiger partial charge is 0.275 e. The molecule has 0 atom stereocenters. The minimum Gasteiger partial charge on any atom is -0.275 e. The quantitative estimate of drug-likeness (QED) is 0.476. The van der Waals surface area contributed by atoms with Crippen molar-refractivity contribution in [2.75, 3.05) is 0 Å². The Kier molecular flexibility index (Phi) is 3.17. The maximum absolute atomic E-state index is 12.9. The molecule has 0 unspecified atom stereocenters. The van der Waals surface area contributed by atoms with Crippen molar-refractivity contribution in [3.8, 4) is 0 Å². The molecule has 0 radical (unpaired) electrons. The Bertz CT molecular complexity index is 385. The molecule has 14 heavy (non-hydrogen) atoms. The molecule has 0 aliphatic heterocycles. The summed E-state index contributed by atoms with van der Waals surface area (Å²) in [7, 11) is 0. The zero-order chi connectivity index (χ0) is 10.9. The molecule has 0 saturated heterocycles. The Labute approximate surface area is 90.9 Å². The molecular formula is C7H2BrClFNO3. The zero-order valence-corrected chi connectivity index (χ0v) is 8.80. The van der Waals surface area contributed by atoms with Gasteiger partial charge in [-0.3, -0.25) is 14.9 Å². The number of rotatable bonds is 2. The fraction of sp³-hybridized carbons (Fsp3) is 0. The van der Waals surface area contributed by atoms with Crippen LogP contribution in [0.1, 0.15) is 10.4 Å². The van der Waals surface area contributed by atoms with Gasteiger partial charge in [-0.1, -0.05) is 0 Å². The summed E-state index contributed by atoms with van der Waals surface area (Å²) in [5, 5.41) is 9.40. The predicted molar refractivity (Wildman–Crippen MR) is 50.9 cm³/mol. The second kappa shape index (κ2) is 4.02. The highest BCUT2D eigenvalue weighted by Gasteiger charge is 2.21. The van der Waals surface area contributed by atoms with Crippen LogP contribution >= 0.6 is 27.5 Å². The second-order valence-electron chi connectivity index (χ2n) is 2.31. The van der Waals surface area contributed by atoms with E-state index in [4.69, 9.17) is 11.6 Å². The average Bonchev–Trinajstić information content (AvgIpc) is 2.08. The van der Waals surface area contributed by atoms with Gasteiger partial charge in [0.1, 0.15) is 11.4 Å². The van der Waals surface area contributed by atoms with Crippen LogP contribution in [0.3, 0.4) is 0 Å². The number of hydrogen-bond acceptors (Lipinski definition) is 3. The van der Waals surface area contributed by atoms with Crippen LogP contribution in [-0.4, -0.2) is 10.2 Å². The third-order valence-corrected chi connectivity index (χ3v) is 2.26. The summed E-state index contributed by atoms with van der Waals surface area (Å²) in [6.45, 7) is 0. The molecule has 0 N–H and O–H groups in total. The van der Waals surface area contributed by atoms with Gasteiger partial charge >= 0.3 is 0 Å². The Morgan fingerprint density at radius 3 is 2.57 bits per heavy atom. The Balaban J connectivity index is 3.46. The largest absolute Gasteiger partial charge is 0.284 e. The molecule has 0 fully saturated rings. The lowest BCUT2D eigenvalue weighted by Gasteiger charge is -1.99. The van der Waals surface area contributed by atoms with Crippen molar-refractivity contribution < 1.29 is 14.1 Å². The van der Waals surface area contributed by atoms with Gasteiger partial charge in [0, 0.05) is 0 Å². The summed E-state index contributed by atoms with van der Waals surface area (Å²) in [5.41, 5.74) is -0.990. The molecule has 4 nitrogen and oxygen atoms in total. The predicted octanol–water partition coefficient (Wildman–Crippen LogP) is 2.88. The topological polar surface area (TPSA) is 60.2 Å². The molecule has 1 rings (SSSR count). The van der Waals surface area contributed by atoms with E-state index in [0.717, 1.165) is 6.07 Å². The summed E-state index contributed by atoms with van der Waals surface area (Å²) in [4.78, 5) is 20.3. The molecular weight excluding hydrogens is 280 g/mol. The van der Waals surface area contributed by atoms with Crippen LogP contribution in [0.25, 0.3) is 0 Å². The third-order valence-electron chi connectivity index (χ3n) is 1.45. The number of carbonyl (C=O) groups is 1. The van der Waals surface area contributed by atoms with Crippen LogP contribution in [0.5, 0.6) is 0 Å². The molecule has 0 bridgehead atoms. The molecule has 0 saturated carbocycles. The standard InChI is InChI=1S/C7H2BrClFNO3/c8-4-1-3(7(9)12)6(11(13)14)2-5(4)10/h1-2H. The molecule has 1 aromatic rings. The highest BCUT2D eigenvalue weighted by molar-refractivity contribution is 9.10. The first-order valence-electron chi connectivity index (χ1n) is 3.26. The fourth-order valence-electron chi connectivity index (χ4n) is 0.845. The van der Waals surface area contributed by atoms with Gasteiger partial charge in [-0.25, -0.2) is 4.39 Å². The summed E-state index contributed by atoms with van der Waals surface area (Å²) in [6.07, 6.45) is 0. The lowest BCUT2D eigenvalue weighted by atomic mass is 10.2. The maximum Gasteiger partial charge on any atom is 0.284 e. The normalized spacial score (nSPS) is 9.93. The minimum atomic E-state index is -1.00. The molecule has 0 aromatic heterocycles. The van der Waals surface area contributed by atoms with Gasteiger partial charge in [0.15, 0.2) is 0 Å². The second-order valence-corrected chi connectivity index (χ2v) is 3.51. The number of nitro benzene ring substituents is 1. The summed E-state index contributed by atoms with van der Waals surface area (Å²) < 4.78 is 12.8. The Morgan fingerprint density at radius 1 is 1.57 bits per heavy atom. The molecule has 0 heterocycles.